The number of carbonyl (C=O) groups is 1. The molecule has 2 aromatic carbocycles. The highest BCUT2D eigenvalue weighted by Gasteiger charge is 2.34. The predicted molar refractivity (Wildman–Crippen MR) is 109 cm³/mol. The number of hydrogen-bond acceptors (Lipinski definition) is 1. The smallest absolute Gasteiger partial charge is 0.294 e. The Morgan fingerprint density at radius 2 is 1.70 bits per heavy atom. The van der Waals surface area contributed by atoms with Gasteiger partial charge in [-0.15, -0.1) is 23.2 Å². The molecule has 0 atom stereocenters. The molecular weight excluding hydrogens is 395 g/mol. The zero-order valence-electron chi connectivity index (χ0n) is 15.5. The van der Waals surface area contributed by atoms with Gasteiger partial charge in [-0.05, 0) is 18.1 Å². The second kappa shape index (κ2) is 10.8. The Kier molecular flexibility index (Phi) is 9.41. The molecule has 0 unspecified atom stereocenters. The highest BCUT2D eigenvalue weighted by Crippen LogP contribution is 2.32. The molecule has 1 aliphatic rings. The van der Waals surface area contributed by atoms with Gasteiger partial charge >= 0.3 is 6.18 Å². The van der Waals surface area contributed by atoms with Gasteiger partial charge in [0.25, 0.3) is 0 Å². The van der Waals surface area contributed by atoms with Gasteiger partial charge in [-0.2, -0.15) is 13.2 Å². The predicted octanol–water partition coefficient (Wildman–Crippen LogP) is 5.73. The van der Waals surface area contributed by atoms with Crippen LogP contribution in [-0.4, -0.2) is 25.3 Å². The van der Waals surface area contributed by atoms with E-state index in [9.17, 15) is 18.0 Å². The lowest BCUT2D eigenvalue weighted by atomic mass is 9.48. The van der Waals surface area contributed by atoms with Gasteiger partial charge in [-0.25, -0.2) is 0 Å². The number of rotatable bonds is 3. The molecule has 0 aromatic heterocycles. The van der Waals surface area contributed by atoms with Crippen LogP contribution in [0.2, 0.25) is 13.1 Å². The second-order valence-electron chi connectivity index (χ2n) is 6.12. The van der Waals surface area contributed by atoms with E-state index in [1.807, 2.05) is 18.2 Å². The van der Waals surface area contributed by atoms with E-state index in [0.29, 0.717) is 6.71 Å². The maximum Gasteiger partial charge on any atom is 0.417 e. The van der Waals surface area contributed by atoms with E-state index < -0.39 is 17.5 Å². The number of alkyl halides is 5. The quantitative estimate of drug-likeness (QED) is 0.354. The maximum absolute atomic E-state index is 13.0. The number of fused-ring (bicyclic) bond motifs is 1. The van der Waals surface area contributed by atoms with Crippen LogP contribution in [0.1, 0.15) is 27.0 Å². The molecule has 0 spiro atoms. The third-order valence-corrected chi connectivity index (χ3v) is 4.49. The number of hydrogen-bond donors (Lipinski definition) is 0. The Balaban J connectivity index is 0.000000855. The molecule has 0 saturated carbocycles. The van der Waals surface area contributed by atoms with Crippen molar-refractivity contribution in [1.29, 1.82) is 0 Å². The lowest BCUT2D eigenvalue weighted by molar-refractivity contribution is -0.137. The van der Waals surface area contributed by atoms with Crippen molar-refractivity contribution < 1.29 is 18.0 Å². The van der Waals surface area contributed by atoms with Crippen LogP contribution in [-0.2, 0) is 19.0 Å². The van der Waals surface area contributed by atoms with Crippen LogP contribution in [0.15, 0.2) is 42.5 Å². The summed E-state index contributed by atoms with van der Waals surface area (Å²) in [6.45, 7) is 2.58. The molecule has 0 radical (unpaired) electrons. The van der Waals surface area contributed by atoms with Crippen molar-refractivity contribution in [3.8, 4) is 0 Å². The van der Waals surface area contributed by atoms with Crippen molar-refractivity contribution in [1.82, 2.24) is 0 Å². The first-order valence-corrected chi connectivity index (χ1v) is 9.94. The summed E-state index contributed by atoms with van der Waals surface area (Å²) in [4.78, 5) is 12.4. The summed E-state index contributed by atoms with van der Waals surface area (Å²) >= 11 is 9.28. The Labute approximate surface area is 169 Å². The van der Waals surface area contributed by atoms with E-state index in [1.165, 1.54) is 42.0 Å². The highest BCUT2D eigenvalue weighted by atomic mass is 35.5. The molecule has 0 bridgehead atoms. The molecular formula is C20H22BCl2F3O. The van der Waals surface area contributed by atoms with Gasteiger partial charge in [0.15, 0.2) is 12.5 Å². The summed E-state index contributed by atoms with van der Waals surface area (Å²) in [6.07, 6.45) is 0.539. The molecule has 0 aliphatic carbocycles. The van der Waals surface area contributed by atoms with Crippen LogP contribution in [0, 0.1) is 0 Å². The van der Waals surface area contributed by atoms with Gasteiger partial charge in [0.05, 0.1) is 5.56 Å². The van der Waals surface area contributed by atoms with Crippen LogP contribution in [0.25, 0.3) is 0 Å². The summed E-state index contributed by atoms with van der Waals surface area (Å²) in [5, 5.41) is 0. The van der Waals surface area contributed by atoms with E-state index in [4.69, 9.17) is 0 Å². The SMILES string of the molecule is CB1CCc2ccc(CC(=O)c3ccccc3C(F)(F)F)cc21.CCl.CCl. The fraction of sp³-hybridized carbons (Fsp3) is 0.350. The van der Waals surface area contributed by atoms with Crippen LogP contribution < -0.4 is 5.46 Å². The number of Topliss-reactive ketones (excluding diaryl/α,β-unsaturated/α-hetero) is 1. The summed E-state index contributed by atoms with van der Waals surface area (Å²) in [6, 6.07) is 10.8. The first-order chi connectivity index (χ1) is 12.9. The van der Waals surface area contributed by atoms with Gasteiger partial charge in [-0.1, -0.05) is 60.6 Å². The standard InChI is InChI=1S/C18H16BF3O.2CH3Cl/c1-19-9-8-13-7-6-12(10-16(13)19)11-17(23)14-4-2-3-5-15(14)18(20,21)22;2*1-2/h2-7,10H,8-9,11H2,1H3;2*1H3. The molecule has 0 amide bonds. The van der Waals surface area contributed by atoms with Crippen molar-refractivity contribution in [2.24, 2.45) is 0 Å². The molecule has 0 saturated heterocycles. The monoisotopic (exact) mass is 416 g/mol. The average Bonchev–Trinajstić information content (AvgIpc) is 3.05. The molecule has 146 valence electrons. The van der Waals surface area contributed by atoms with Crippen molar-refractivity contribution >= 4 is 41.2 Å². The van der Waals surface area contributed by atoms with Gasteiger partial charge in [0.2, 0.25) is 0 Å². The Bertz CT molecular complexity index is 763. The molecule has 7 heteroatoms. The first-order valence-electron chi connectivity index (χ1n) is 8.43. The molecule has 0 N–H and O–H groups in total. The molecule has 27 heavy (non-hydrogen) atoms. The van der Waals surface area contributed by atoms with Gasteiger partial charge in [-0.3, -0.25) is 4.79 Å². The normalized spacial score (nSPS) is 12.4. The fourth-order valence-corrected chi connectivity index (χ4v) is 3.22. The van der Waals surface area contributed by atoms with Gasteiger partial charge < -0.3 is 0 Å². The Morgan fingerprint density at radius 3 is 2.33 bits per heavy atom. The Morgan fingerprint density at radius 1 is 1.07 bits per heavy atom. The summed E-state index contributed by atoms with van der Waals surface area (Å²) in [7, 11) is 0. The fourth-order valence-electron chi connectivity index (χ4n) is 3.22. The van der Waals surface area contributed by atoms with Crippen molar-refractivity contribution in [2.75, 3.05) is 12.8 Å². The lowest BCUT2D eigenvalue weighted by Gasteiger charge is -2.12. The molecule has 2 aromatic rings. The van der Waals surface area contributed by atoms with E-state index in [1.54, 1.807) is 0 Å². The zero-order chi connectivity index (χ0) is 20.6. The van der Waals surface area contributed by atoms with Gasteiger partial charge in [0, 0.05) is 24.8 Å². The van der Waals surface area contributed by atoms with Crippen LogP contribution in [0.5, 0.6) is 0 Å². The minimum atomic E-state index is -4.52. The second-order valence-corrected chi connectivity index (χ2v) is 6.12. The topological polar surface area (TPSA) is 17.1 Å². The van der Waals surface area contributed by atoms with Gasteiger partial charge in [0.1, 0.15) is 0 Å². The third kappa shape index (κ3) is 6.01. The number of aryl methyl sites for hydroxylation is 1. The van der Waals surface area contributed by atoms with E-state index in [-0.39, 0.29) is 12.0 Å². The summed E-state index contributed by atoms with van der Waals surface area (Å²) in [5.41, 5.74) is 2.16. The van der Waals surface area contributed by atoms with Crippen molar-refractivity contribution in [2.45, 2.75) is 32.2 Å². The number of benzene rings is 2. The summed E-state index contributed by atoms with van der Waals surface area (Å²) in [5.74, 6) is -0.497. The minimum absolute atomic E-state index is 0.00685. The van der Waals surface area contributed by atoms with Crippen LogP contribution in [0.4, 0.5) is 13.2 Å². The molecule has 0 fully saturated rings. The number of halogens is 5. The Hall–Kier alpha value is -1.46. The lowest BCUT2D eigenvalue weighted by Crippen LogP contribution is -2.23. The van der Waals surface area contributed by atoms with E-state index in [0.717, 1.165) is 24.4 Å². The van der Waals surface area contributed by atoms with Crippen molar-refractivity contribution in [3.05, 3.63) is 64.7 Å². The van der Waals surface area contributed by atoms with Crippen molar-refractivity contribution in [3.63, 3.8) is 0 Å². The molecule has 1 nitrogen and oxygen atoms in total. The zero-order valence-corrected chi connectivity index (χ0v) is 17.1. The molecule has 1 aliphatic heterocycles. The number of ketones is 1. The first kappa shape index (κ1) is 23.6. The van der Waals surface area contributed by atoms with Crippen LogP contribution >= 0.6 is 23.2 Å². The summed E-state index contributed by atoms with van der Waals surface area (Å²) < 4.78 is 39.1. The third-order valence-electron chi connectivity index (χ3n) is 4.49. The molecule has 1 heterocycles. The molecule has 3 rings (SSSR count). The maximum atomic E-state index is 13.0. The van der Waals surface area contributed by atoms with E-state index in [2.05, 4.69) is 30.0 Å². The highest BCUT2D eigenvalue weighted by molar-refractivity contribution is 6.73. The average molecular weight is 417 g/mol. The minimum Gasteiger partial charge on any atom is -0.294 e. The largest absolute Gasteiger partial charge is 0.417 e. The van der Waals surface area contributed by atoms with Crippen LogP contribution in [0.3, 0.4) is 0 Å². The number of carbonyl (C=O) groups excluding carboxylic acids is 1. The van der Waals surface area contributed by atoms with E-state index >= 15 is 0 Å².